The smallest absolute Gasteiger partial charge is 0.244 e. The summed E-state index contributed by atoms with van der Waals surface area (Å²) in [6.45, 7) is -0.122. The van der Waals surface area contributed by atoms with Gasteiger partial charge in [-0.05, 0) is 44.7 Å². The number of carbonyl (C=O) groups is 3. The Labute approximate surface area is 290 Å². The van der Waals surface area contributed by atoms with Gasteiger partial charge in [-0.2, -0.15) is 0 Å². The SMILES string of the molecule is C#CCCC(O)C(O)C(CC1CCCCC1)NC(=O)[C@@H](NC(=O)C(CC(=O)N(C)CCN(C)CF)Cc1ccccc1)C(C)C#C.FCF. The van der Waals surface area contributed by atoms with Crippen molar-refractivity contribution in [3.8, 4) is 24.7 Å². The molecule has 1 aromatic carbocycles. The standard InChI is InChI=1S/C36H53FN4O5.CH2F2/c1-6-8-19-31(42)34(44)30(23-28-17-13-10-14-18-28)38-36(46)33(26(3)7-2)39-35(45)29(22-27-15-11-9-12-16-27)24-32(43)41(5)21-20-40(4)25-37;2-1-3/h1-2,9,11-12,15-16,26,28-31,33-34,42,44H,8,10,13-14,17-25H2,3-5H3,(H,38,46)(H,39,45);1H2/t26?,29?,30?,31?,33-,34?;/m0./s1. The van der Waals surface area contributed by atoms with Gasteiger partial charge in [-0.3, -0.25) is 19.3 Å². The molecule has 1 fully saturated rings. The van der Waals surface area contributed by atoms with Crippen molar-refractivity contribution in [1.82, 2.24) is 20.4 Å². The number of alkyl halides is 3. The molecule has 0 heterocycles. The number of carbonyl (C=O) groups excluding carboxylic acids is 3. The molecule has 3 amide bonds. The van der Waals surface area contributed by atoms with E-state index in [4.69, 9.17) is 12.8 Å². The first-order valence-electron chi connectivity index (χ1n) is 16.9. The molecule has 0 spiro atoms. The molecule has 9 nitrogen and oxygen atoms in total. The number of nitrogens with zero attached hydrogens (tertiary/aromatic N) is 2. The zero-order valence-electron chi connectivity index (χ0n) is 29.1. The molecular weight excluding hydrogens is 637 g/mol. The monoisotopic (exact) mass is 692 g/mol. The molecule has 6 atom stereocenters. The van der Waals surface area contributed by atoms with Crippen LogP contribution in [0.1, 0.15) is 70.3 Å². The summed E-state index contributed by atoms with van der Waals surface area (Å²) in [7, 11) is 3.22. The number of terminal acetylenes is 2. The first-order valence-corrected chi connectivity index (χ1v) is 16.9. The molecule has 4 N–H and O–H groups in total. The topological polar surface area (TPSA) is 122 Å². The maximum Gasteiger partial charge on any atom is 0.244 e. The van der Waals surface area contributed by atoms with Gasteiger partial charge >= 0.3 is 0 Å². The van der Waals surface area contributed by atoms with Crippen LogP contribution in [0.25, 0.3) is 0 Å². The number of aliphatic hydroxyl groups is 2. The molecule has 0 aliphatic heterocycles. The van der Waals surface area contributed by atoms with E-state index < -0.39 is 61.7 Å². The van der Waals surface area contributed by atoms with Gasteiger partial charge in [0.25, 0.3) is 0 Å². The van der Waals surface area contributed by atoms with Crippen molar-refractivity contribution in [3.63, 3.8) is 0 Å². The first-order chi connectivity index (χ1) is 23.4. The normalized spacial score (nSPS) is 16.7. The van der Waals surface area contributed by atoms with Gasteiger partial charge in [0.05, 0.1) is 18.1 Å². The highest BCUT2D eigenvalue weighted by atomic mass is 19.3. The zero-order chi connectivity index (χ0) is 36.8. The van der Waals surface area contributed by atoms with Gasteiger partial charge < -0.3 is 25.7 Å². The minimum atomic E-state index is -1.75. The minimum Gasteiger partial charge on any atom is -0.390 e. The lowest BCUT2D eigenvalue weighted by molar-refractivity contribution is -0.137. The van der Waals surface area contributed by atoms with Crippen LogP contribution in [-0.4, -0.2) is 103 Å². The van der Waals surface area contributed by atoms with Crippen LogP contribution in [0.15, 0.2) is 30.3 Å². The summed E-state index contributed by atoms with van der Waals surface area (Å²) in [5.74, 6) is 2.40. The largest absolute Gasteiger partial charge is 0.390 e. The third-order valence-corrected chi connectivity index (χ3v) is 8.94. The third kappa shape index (κ3) is 16.6. The Balaban J connectivity index is 0.00000385. The van der Waals surface area contributed by atoms with Crippen LogP contribution in [0, 0.1) is 42.4 Å². The number of likely N-dealkylation sites (N-methyl/N-ethyl adjacent to an activating group) is 2. The van der Waals surface area contributed by atoms with Gasteiger partial charge in [-0.15, -0.1) is 24.7 Å². The summed E-state index contributed by atoms with van der Waals surface area (Å²) in [4.78, 5) is 43.7. The second-order valence-electron chi connectivity index (χ2n) is 12.8. The maximum atomic E-state index is 13.8. The number of halogens is 3. The lowest BCUT2D eigenvalue weighted by Gasteiger charge is -2.34. The van der Waals surface area contributed by atoms with E-state index in [1.54, 1.807) is 21.0 Å². The lowest BCUT2D eigenvalue weighted by atomic mass is 9.82. The number of aliphatic hydroxyl groups excluding tert-OH is 2. The summed E-state index contributed by atoms with van der Waals surface area (Å²) >= 11 is 0. The van der Waals surface area contributed by atoms with E-state index in [0.29, 0.717) is 13.0 Å². The van der Waals surface area contributed by atoms with Crippen LogP contribution in [0.2, 0.25) is 0 Å². The summed E-state index contributed by atoms with van der Waals surface area (Å²) in [5.41, 5.74) is 0.845. The quantitative estimate of drug-likeness (QED) is 0.129. The molecule has 0 aromatic heterocycles. The fraction of sp³-hybridized carbons (Fsp3) is 0.649. The number of hydrogen-bond acceptors (Lipinski definition) is 6. The molecule has 0 radical (unpaired) electrons. The van der Waals surface area contributed by atoms with Crippen molar-refractivity contribution in [2.45, 2.75) is 95.4 Å². The van der Waals surface area contributed by atoms with Crippen molar-refractivity contribution >= 4 is 17.7 Å². The predicted molar refractivity (Wildman–Crippen MR) is 185 cm³/mol. The molecule has 12 heteroatoms. The van der Waals surface area contributed by atoms with E-state index in [-0.39, 0.29) is 44.1 Å². The molecule has 0 bridgehead atoms. The number of amides is 3. The maximum absolute atomic E-state index is 13.8. The highest BCUT2D eigenvalue weighted by molar-refractivity contribution is 5.91. The summed E-state index contributed by atoms with van der Waals surface area (Å²) in [6.07, 6.45) is 15.0. The minimum absolute atomic E-state index is 0.125. The van der Waals surface area contributed by atoms with Gasteiger partial charge in [0.2, 0.25) is 24.6 Å². The van der Waals surface area contributed by atoms with Gasteiger partial charge in [0, 0.05) is 38.9 Å². The second kappa shape index (κ2) is 24.5. The Hall–Kier alpha value is -3.58. The molecule has 49 heavy (non-hydrogen) atoms. The molecule has 5 unspecified atom stereocenters. The van der Waals surface area contributed by atoms with Gasteiger partial charge in [0.15, 0.2) is 0 Å². The Morgan fingerprint density at radius 2 is 1.61 bits per heavy atom. The van der Waals surface area contributed by atoms with Crippen LogP contribution in [-0.2, 0) is 20.8 Å². The molecule has 274 valence electrons. The van der Waals surface area contributed by atoms with Crippen molar-refractivity contribution in [3.05, 3.63) is 35.9 Å². The molecular formula is C37H55F3N4O5. The van der Waals surface area contributed by atoms with Gasteiger partial charge in [-0.1, -0.05) is 62.4 Å². The fourth-order valence-corrected chi connectivity index (χ4v) is 5.82. The van der Waals surface area contributed by atoms with Crippen molar-refractivity contribution in [2.24, 2.45) is 17.8 Å². The number of nitrogens with one attached hydrogen (secondary N) is 2. The van der Waals surface area contributed by atoms with Crippen LogP contribution in [0.4, 0.5) is 13.2 Å². The number of rotatable bonds is 19. The van der Waals surface area contributed by atoms with E-state index in [9.17, 15) is 37.8 Å². The Morgan fingerprint density at radius 3 is 2.18 bits per heavy atom. The lowest BCUT2D eigenvalue weighted by Crippen LogP contribution is -2.57. The Bertz CT molecular complexity index is 1190. The molecule has 1 aromatic rings. The highest BCUT2D eigenvalue weighted by Crippen LogP contribution is 2.29. The first kappa shape index (κ1) is 43.4. The molecule has 1 saturated carbocycles. The summed E-state index contributed by atoms with van der Waals surface area (Å²) < 4.78 is 32.1. The number of benzene rings is 1. The van der Waals surface area contributed by atoms with Crippen LogP contribution in [0.3, 0.4) is 0 Å². The van der Waals surface area contributed by atoms with Crippen molar-refractivity contribution in [2.75, 3.05) is 40.9 Å². The number of hydrogen-bond donors (Lipinski definition) is 4. The average molecular weight is 693 g/mol. The Kier molecular flexibility index (Phi) is 21.8. The van der Waals surface area contributed by atoms with Crippen LogP contribution >= 0.6 is 0 Å². The van der Waals surface area contributed by atoms with E-state index in [2.05, 4.69) is 22.5 Å². The molecule has 0 saturated heterocycles. The zero-order valence-corrected chi connectivity index (χ0v) is 29.1. The highest BCUT2D eigenvalue weighted by Gasteiger charge is 2.35. The van der Waals surface area contributed by atoms with E-state index >= 15 is 0 Å². The fourth-order valence-electron chi connectivity index (χ4n) is 5.82. The predicted octanol–water partition coefficient (Wildman–Crippen LogP) is 3.78. The van der Waals surface area contributed by atoms with E-state index in [1.807, 2.05) is 30.3 Å². The molecule has 2 rings (SSSR count). The van der Waals surface area contributed by atoms with Gasteiger partial charge in [-0.25, -0.2) is 13.2 Å². The Morgan fingerprint density at radius 1 is 0.980 bits per heavy atom. The molecule has 1 aliphatic carbocycles. The van der Waals surface area contributed by atoms with E-state index in [1.165, 1.54) is 9.80 Å². The van der Waals surface area contributed by atoms with Crippen molar-refractivity contribution < 1.29 is 37.8 Å². The van der Waals surface area contributed by atoms with Crippen LogP contribution in [0.5, 0.6) is 0 Å². The second-order valence-corrected chi connectivity index (χ2v) is 12.8. The summed E-state index contributed by atoms with van der Waals surface area (Å²) in [5, 5.41) is 27.5. The molecule has 1 aliphatic rings. The van der Waals surface area contributed by atoms with Gasteiger partial charge in [0.1, 0.15) is 18.9 Å². The third-order valence-electron chi connectivity index (χ3n) is 8.94. The van der Waals surface area contributed by atoms with Crippen molar-refractivity contribution in [1.29, 1.82) is 0 Å². The average Bonchev–Trinajstić information content (AvgIpc) is 3.11. The summed E-state index contributed by atoms with van der Waals surface area (Å²) in [6, 6.07) is 7.35. The van der Waals surface area contributed by atoms with Crippen LogP contribution < -0.4 is 10.6 Å². The van der Waals surface area contributed by atoms with E-state index in [0.717, 1.165) is 37.7 Å².